The molecule has 0 unspecified atom stereocenters. The molecular formula is C18H24N4O3. The van der Waals surface area contributed by atoms with E-state index in [0.717, 1.165) is 24.2 Å². The van der Waals surface area contributed by atoms with Crippen LogP contribution in [0, 0.1) is 6.92 Å². The predicted octanol–water partition coefficient (Wildman–Crippen LogP) is 2.37. The molecule has 1 fully saturated rings. The monoisotopic (exact) mass is 344 g/mol. The topological polar surface area (TPSA) is 81.4 Å². The molecule has 1 atom stereocenters. The van der Waals surface area contributed by atoms with Crippen molar-refractivity contribution in [3.63, 3.8) is 0 Å². The molecule has 0 saturated carbocycles. The molecule has 0 bridgehead atoms. The maximum absolute atomic E-state index is 13.0. The molecule has 134 valence electrons. The molecule has 3 heterocycles. The Morgan fingerprint density at radius 1 is 1.44 bits per heavy atom. The van der Waals surface area contributed by atoms with Gasteiger partial charge in [-0.1, -0.05) is 19.0 Å². The third-order valence-corrected chi connectivity index (χ3v) is 4.44. The Morgan fingerprint density at radius 3 is 3.00 bits per heavy atom. The zero-order valence-corrected chi connectivity index (χ0v) is 14.9. The number of rotatable bonds is 5. The van der Waals surface area contributed by atoms with E-state index >= 15 is 0 Å². The fraction of sp³-hybridized carbons (Fsp3) is 0.556. The van der Waals surface area contributed by atoms with Crippen molar-refractivity contribution < 1.29 is 14.1 Å². The number of hydrogen-bond donors (Lipinski definition) is 0. The molecule has 7 heteroatoms. The Bertz CT molecular complexity index is 714. The number of hydrogen-bond acceptors (Lipinski definition) is 6. The molecule has 2 aromatic rings. The highest BCUT2D eigenvalue weighted by molar-refractivity contribution is 5.96. The van der Waals surface area contributed by atoms with Gasteiger partial charge in [0.25, 0.3) is 5.91 Å². The van der Waals surface area contributed by atoms with E-state index in [-0.39, 0.29) is 17.9 Å². The highest BCUT2D eigenvalue weighted by Crippen LogP contribution is 2.24. The van der Waals surface area contributed by atoms with Crippen molar-refractivity contribution in [3.05, 3.63) is 41.3 Å². The minimum atomic E-state index is -0.0159. The van der Waals surface area contributed by atoms with Crippen LogP contribution in [0.4, 0.5) is 0 Å². The minimum absolute atomic E-state index is 0.00957. The van der Waals surface area contributed by atoms with Crippen LogP contribution in [-0.4, -0.2) is 51.7 Å². The molecule has 1 saturated heterocycles. The van der Waals surface area contributed by atoms with Gasteiger partial charge in [-0.05, 0) is 31.7 Å². The Labute approximate surface area is 147 Å². The molecule has 7 nitrogen and oxygen atoms in total. The quantitative estimate of drug-likeness (QED) is 0.828. The lowest BCUT2D eigenvalue weighted by Gasteiger charge is -2.33. The molecule has 3 rings (SSSR count). The number of amides is 1. The summed E-state index contributed by atoms with van der Waals surface area (Å²) in [6.07, 6.45) is 4.92. The molecule has 25 heavy (non-hydrogen) atoms. The zero-order chi connectivity index (χ0) is 17.8. The van der Waals surface area contributed by atoms with Gasteiger partial charge in [-0.2, -0.15) is 0 Å². The fourth-order valence-electron chi connectivity index (χ4n) is 3.05. The van der Waals surface area contributed by atoms with Gasteiger partial charge in [0.1, 0.15) is 17.7 Å². The van der Waals surface area contributed by atoms with E-state index in [0.29, 0.717) is 31.0 Å². The first kappa shape index (κ1) is 17.5. The van der Waals surface area contributed by atoms with Crippen LogP contribution in [0.3, 0.4) is 0 Å². The van der Waals surface area contributed by atoms with Gasteiger partial charge in [-0.15, -0.1) is 0 Å². The lowest BCUT2D eigenvalue weighted by Crippen LogP contribution is -2.46. The van der Waals surface area contributed by atoms with Crippen LogP contribution in [0.5, 0.6) is 0 Å². The third kappa shape index (κ3) is 4.04. The zero-order valence-electron chi connectivity index (χ0n) is 14.9. The first-order valence-corrected chi connectivity index (χ1v) is 8.68. The number of carbonyl (C=O) groups is 1. The largest absolute Gasteiger partial charge is 0.375 e. The predicted molar refractivity (Wildman–Crippen MR) is 91.3 cm³/mol. The van der Waals surface area contributed by atoms with Gasteiger partial charge in [0.05, 0.1) is 18.4 Å². The highest BCUT2D eigenvalue weighted by Gasteiger charge is 2.30. The highest BCUT2D eigenvalue weighted by atomic mass is 16.5. The molecule has 1 amide bonds. The summed E-state index contributed by atoms with van der Waals surface area (Å²) >= 11 is 0. The van der Waals surface area contributed by atoms with Crippen LogP contribution in [0.2, 0.25) is 0 Å². The Balaban J connectivity index is 1.65. The van der Waals surface area contributed by atoms with E-state index < -0.39 is 0 Å². The number of ether oxygens (including phenoxy) is 1. The summed E-state index contributed by atoms with van der Waals surface area (Å²) in [5.74, 6) is 0.710. The smallest absolute Gasteiger partial charge is 0.259 e. The molecule has 0 spiro atoms. The van der Waals surface area contributed by atoms with Crippen molar-refractivity contribution in [1.82, 2.24) is 20.0 Å². The molecule has 0 radical (unpaired) electrons. The van der Waals surface area contributed by atoms with E-state index in [2.05, 4.69) is 15.1 Å². The lowest BCUT2D eigenvalue weighted by molar-refractivity contribution is -0.0247. The first-order chi connectivity index (χ1) is 12.1. The maximum atomic E-state index is 13.0. The average molecular weight is 344 g/mol. The minimum Gasteiger partial charge on any atom is -0.375 e. The number of aromatic nitrogens is 3. The van der Waals surface area contributed by atoms with Crippen LogP contribution in [0.1, 0.15) is 53.7 Å². The standard InChI is InChI=1S/C18H24N4O3/c1-12(2)17-16(13(3)25-21-17)18(23)22-8-9-24-15(10-22)5-4-14-6-7-19-11-20-14/h6-7,11-12,15H,4-5,8-10H2,1-3H3/t15-/m1/s1. The summed E-state index contributed by atoms with van der Waals surface area (Å²) in [5, 5.41) is 4.06. The first-order valence-electron chi connectivity index (χ1n) is 8.68. The second-order valence-electron chi connectivity index (χ2n) is 6.64. The molecule has 0 aliphatic carbocycles. The molecule has 2 aromatic heterocycles. The van der Waals surface area contributed by atoms with Gasteiger partial charge in [0, 0.05) is 25.0 Å². The van der Waals surface area contributed by atoms with Gasteiger partial charge >= 0.3 is 0 Å². The third-order valence-electron chi connectivity index (χ3n) is 4.44. The van der Waals surface area contributed by atoms with E-state index in [1.165, 1.54) is 0 Å². The lowest BCUT2D eigenvalue weighted by atomic mass is 10.0. The molecule has 0 aromatic carbocycles. The van der Waals surface area contributed by atoms with Crippen LogP contribution in [0.25, 0.3) is 0 Å². The fourth-order valence-corrected chi connectivity index (χ4v) is 3.05. The van der Waals surface area contributed by atoms with Gasteiger partial charge in [0.2, 0.25) is 0 Å². The van der Waals surface area contributed by atoms with E-state index in [1.807, 2.05) is 24.8 Å². The van der Waals surface area contributed by atoms with Crippen LogP contribution >= 0.6 is 0 Å². The number of carbonyl (C=O) groups excluding carboxylic acids is 1. The van der Waals surface area contributed by atoms with Crippen molar-refractivity contribution in [3.8, 4) is 0 Å². The van der Waals surface area contributed by atoms with Crippen molar-refractivity contribution >= 4 is 5.91 Å². The summed E-state index contributed by atoms with van der Waals surface area (Å²) in [7, 11) is 0. The molecule has 0 N–H and O–H groups in total. The van der Waals surface area contributed by atoms with Crippen molar-refractivity contribution in [2.75, 3.05) is 19.7 Å². The normalized spacial score (nSPS) is 17.9. The molecule has 1 aliphatic rings. The number of morpholine rings is 1. The van der Waals surface area contributed by atoms with Gasteiger partial charge in [-0.3, -0.25) is 4.79 Å². The average Bonchev–Trinajstić information content (AvgIpc) is 3.02. The van der Waals surface area contributed by atoms with E-state index in [4.69, 9.17) is 9.26 Å². The second-order valence-corrected chi connectivity index (χ2v) is 6.64. The van der Waals surface area contributed by atoms with Gasteiger partial charge in [0.15, 0.2) is 0 Å². The SMILES string of the molecule is Cc1onc(C(C)C)c1C(=O)N1CCO[C@H](CCc2ccncn2)C1. The molecule has 1 aliphatic heterocycles. The Kier molecular flexibility index (Phi) is 5.43. The summed E-state index contributed by atoms with van der Waals surface area (Å²) in [6.45, 7) is 7.52. The van der Waals surface area contributed by atoms with Gasteiger partial charge < -0.3 is 14.2 Å². The molecular weight excluding hydrogens is 320 g/mol. The van der Waals surface area contributed by atoms with E-state index in [9.17, 15) is 4.79 Å². The summed E-state index contributed by atoms with van der Waals surface area (Å²) < 4.78 is 11.1. The van der Waals surface area contributed by atoms with Crippen LogP contribution in [-0.2, 0) is 11.2 Å². The Morgan fingerprint density at radius 2 is 2.28 bits per heavy atom. The van der Waals surface area contributed by atoms with E-state index in [1.54, 1.807) is 19.4 Å². The summed E-state index contributed by atoms with van der Waals surface area (Å²) in [6, 6.07) is 1.90. The Hall–Kier alpha value is -2.28. The maximum Gasteiger partial charge on any atom is 0.259 e. The van der Waals surface area contributed by atoms with Crippen molar-refractivity contribution in [2.24, 2.45) is 0 Å². The van der Waals surface area contributed by atoms with Crippen molar-refractivity contribution in [1.29, 1.82) is 0 Å². The van der Waals surface area contributed by atoms with Crippen molar-refractivity contribution in [2.45, 2.75) is 45.6 Å². The number of aryl methyl sites for hydroxylation is 2. The van der Waals surface area contributed by atoms with Crippen LogP contribution in [0.15, 0.2) is 23.1 Å². The van der Waals surface area contributed by atoms with Gasteiger partial charge in [-0.25, -0.2) is 9.97 Å². The number of nitrogens with zero attached hydrogens (tertiary/aromatic N) is 4. The van der Waals surface area contributed by atoms with Crippen LogP contribution < -0.4 is 0 Å². The second kappa shape index (κ2) is 7.74. The summed E-state index contributed by atoms with van der Waals surface area (Å²) in [4.78, 5) is 23.0. The summed E-state index contributed by atoms with van der Waals surface area (Å²) in [5.41, 5.74) is 2.32.